The van der Waals surface area contributed by atoms with E-state index in [1.165, 1.54) is 12.3 Å². The molecule has 0 spiro atoms. The van der Waals surface area contributed by atoms with Crippen LogP contribution < -0.4 is 10.5 Å². The van der Waals surface area contributed by atoms with Crippen molar-refractivity contribution in [1.82, 2.24) is 4.98 Å². The molecule has 1 aromatic heterocycles. The Balaban J connectivity index is 2.09. The van der Waals surface area contributed by atoms with Crippen molar-refractivity contribution in [3.63, 3.8) is 0 Å². The van der Waals surface area contributed by atoms with Crippen LogP contribution in [0.4, 0.5) is 5.69 Å². The topological polar surface area (TPSA) is 91.3 Å². The molecule has 1 aliphatic carbocycles. The van der Waals surface area contributed by atoms with Crippen molar-refractivity contribution in [2.75, 3.05) is 0 Å². The highest BCUT2D eigenvalue weighted by Gasteiger charge is 2.24. The number of nitro groups is 1. The average molecular weight is 237 g/mol. The van der Waals surface area contributed by atoms with Crippen LogP contribution in [0.3, 0.4) is 0 Å². The number of nitrogens with zero attached hydrogens (tertiary/aromatic N) is 2. The Bertz CT molecular complexity index is 436. The molecule has 2 unspecified atom stereocenters. The molecule has 92 valence electrons. The zero-order chi connectivity index (χ0) is 12.4. The third-order valence-electron chi connectivity index (χ3n) is 2.93. The van der Waals surface area contributed by atoms with Gasteiger partial charge in [-0.2, -0.15) is 0 Å². The molecule has 0 radical (unpaired) electrons. The Morgan fingerprint density at radius 3 is 2.88 bits per heavy atom. The molecule has 0 saturated heterocycles. The third kappa shape index (κ3) is 2.71. The lowest BCUT2D eigenvalue weighted by atomic mass is 10.2. The lowest BCUT2D eigenvalue weighted by Gasteiger charge is -2.13. The van der Waals surface area contributed by atoms with Gasteiger partial charge in [-0.1, -0.05) is 0 Å². The molecule has 0 amide bonds. The van der Waals surface area contributed by atoms with Gasteiger partial charge in [0.15, 0.2) is 0 Å². The fourth-order valence-corrected chi connectivity index (χ4v) is 2.01. The van der Waals surface area contributed by atoms with Crippen molar-refractivity contribution in [3.05, 3.63) is 27.9 Å². The molecule has 6 heteroatoms. The zero-order valence-electron chi connectivity index (χ0n) is 9.63. The van der Waals surface area contributed by atoms with E-state index >= 15 is 0 Å². The molecule has 1 heterocycles. The third-order valence-corrected chi connectivity index (χ3v) is 2.93. The smallest absolute Gasteiger partial charge is 0.288 e. The van der Waals surface area contributed by atoms with Gasteiger partial charge >= 0.3 is 0 Å². The molecule has 0 aromatic carbocycles. The Kier molecular flexibility index (Phi) is 3.23. The number of nitrogens with two attached hydrogens (primary N) is 1. The molecule has 1 aliphatic rings. The van der Waals surface area contributed by atoms with Gasteiger partial charge in [-0.15, -0.1) is 0 Å². The summed E-state index contributed by atoms with van der Waals surface area (Å²) in [5, 5.41) is 10.6. The fraction of sp³-hybridized carbons (Fsp3) is 0.545. The first-order valence-corrected chi connectivity index (χ1v) is 5.59. The number of ether oxygens (including phenoxy) is 1. The molecular weight excluding hydrogens is 222 g/mol. The van der Waals surface area contributed by atoms with Crippen LogP contribution in [0.2, 0.25) is 0 Å². The maximum absolute atomic E-state index is 10.6. The summed E-state index contributed by atoms with van der Waals surface area (Å²) in [5.74, 6) is 0.467. The second kappa shape index (κ2) is 4.67. The summed E-state index contributed by atoms with van der Waals surface area (Å²) < 4.78 is 5.70. The van der Waals surface area contributed by atoms with E-state index < -0.39 is 4.92 Å². The quantitative estimate of drug-likeness (QED) is 0.636. The highest BCUT2D eigenvalue weighted by Crippen LogP contribution is 2.26. The number of hydrogen-bond acceptors (Lipinski definition) is 5. The first-order chi connectivity index (χ1) is 8.06. The van der Waals surface area contributed by atoms with Gasteiger partial charge in [0.2, 0.25) is 5.88 Å². The molecule has 0 aliphatic heterocycles. The van der Waals surface area contributed by atoms with Gasteiger partial charge in [0, 0.05) is 17.7 Å². The molecule has 2 atom stereocenters. The number of rotatable bonds is 3. The van der Waals surface area contributed by atoms with Crippen LogP contribution in [0.25, 0.3) is 0 Å². The average Bonchev–Trinajstić information content (AvgIpc) is 2.67. The van der Waals surface area contributed by atoms with E-state index in [-0.39, 0.29) is 17.8 Å². The molecule has 0 bridgehead atoms. The van der Waals surface area contributed by atoms with Crippen molar-refractivity contribution in [2.45, 2.75) is 38.3 Å². The van der Waals surface area contributed by atoms with E-state index in [2.05, 4.69) is 4.98 Å². The van der Waals surface area contributed by atoms with Crippen molar-refractivity contribution < 1.29 is 9.66 Å². The largest absolute Gasteiger partial charge is 0.474 e. The van der Waals surface area contributed by atoms with Crippen LogP contribution >= 0.6 is 0 Å². The summed E-state index contributed by atoms with van der Waals surface area (Å²) in [5.41, 5.74) is 6.46. The number of aromatic nitrogens is 1. The normalized spacial score (nSPS) is 23.6. The minimum Gasteiger partial charge on any atom is -0.474 e. The molecule has 2 rings (SSSR count). The van der Waals surface area contributed by atoms with Crippen molar-refractivity contribution in [2.24, 2.45) is 5.73 Å². The van der Waals surface area contributed by atoms with Gasteiger partial charge in [-0.3, -0.25) is 10.1 Å². The molecule has 1 saturated carbocycles. The summed E-state index contributed by atoms with van der Waals surface area (Å²) in [4.78, 5) is 14.1. The first-order valence-electron chi connectivity index (χ1n) is 5.59. The molecule has 6 nitrogen and oxygen atoms in total. The first kappa shape index (κ1) is 11.8. The van der Waals surface area contributed by atoms with Crippen LogP contribution in [0.1, 0.15) is 24.8 Å². The highest BCUT2D eigenvalue weighted by molar-refractivity contribution is 5.36. The van der Waals surface area contributed by atoms with E-state index in [1.54, 1.807) is 6.92 Å². The van der Waals surface area contributed by atoms with Gasteiger partial charge in [0.1, 0.15) is 12.3 Å². The van der Waals surface area contributed by atoms with Crippen molar-refractivity contribution >= 4 is 5.69 Å². The van der Waals surface area contributed by atoms with Crippen molar-refractivity contribution in [1.29, 1.82) is 0 Å². The second-order valence-corrected chi connectivity index (χ2v) is 4.39. The Hall–Kier alpha value is -1.69. The minimum atomic E-state index is -0.463. The van der Waals surface area contributed by atoms with Crippen LogP contribution in [0.15, 0.2) is 12.3 Å². The van der Waals surface area contributed by atoms with Gasteiger partial charge < -0.3 is 10.5 Å². The SMILES string of the molecule is Cc1cc([N+](=O)[O-])cnc1OC1CCC(N)C1. The van der Waals surface area contributed by atoms with E-state index in [0.717, 1.165) is 19.3 Å². The molecule has 17 heavy (non-hydrogen) atoms. The van der Waals surface area contributed by atoms with Crippen LogP contribution in [0, 0.1) is 17.0 Å². The van der Waals surface area contributed by atoms with E-state index in [4.69, 9.17) is 10.5 Å². The van der Waals surface area contributed by atoms with E-state index in [1.807, 2.05) is 0 Å². The van der Waals surface area contributed by atoms with Gasteiger partial charge in [-0.25, -0.2) is 4.98 Å². The minimum absolute atomic E-state index is 0.0158. The predicted octanol–water partition coefficient (Wildman–Crippen LogP) is 1.56. The predicted molar refractivity (Wildman–Crippen MR) is 61.9 cm³/mol. The van der Waals surface area contributed by atoms with Crippen LogP contribution in [-0.4, -0.2) is 22.1 Å². The summed E-state index contributed by atoms with van der Waals surface area (Å²) in [7, 11) is 0. The zero-order valence-corrected chi connectivity index (χ0v) is 9.63. The van der Waals surface area contributed by atoms with Crippen molar-refractivity contribution in [3.8, 4) is 5.88 Å². The maximum Gasteiger partial charge on any atom is 0.288 e. The second-order valence-electron chi connectivity index (χ2n) is 4.39. The lowest BCUT2D eigenvalue weighted by molar-refractivity contribution is -0.385. The van der Waals surface area contributed by atoms with Gasteiger partial charge in [0.25, 0.3) is 5.69 Å². The van der Waals surface area contributed by atoms with Crippen LogP contribution in [0.5, 0.6) is 5.88 Å². The summed E-state index contributed by atoms with van der Waals surface area (Å²) in [6.45, 7) is 1.75. The van der Waals surface area contributed by atoms with Gasteiger partial charge in [0.05, 0.1) is 4.92 Å². The highest BCUT2D eigenvalue weighted by atomic mass is 16.6. The van der Waals surface area contributed by atoms with E-state index in [0.29, 0.717) is 11.4 Å². The summed E-state index contributed by atoms with van der Waals surface area (Å²) in [6.07, 6.45) is 3.99. The summed E-state index contributed by atoms with van der Waals surface area (Å²) in [6, 6.07) is 1.66. The van der Waals surface area contributed by atoms with Crippen LogP contribution in [-0.2, 0) is 0 Å². The number of pyridine rings is 1. The van der Waals surface area contributed by atoms with Gasteiger partial charge in [-0.05, 0) is 26.2 Å². The molecular formula is C11H15N3O3. The Morgan fingerprint density at radius 2 is 2.35 bits per heavy atom. The Morgan fingerprint density at radius 1 is 1.59 bits per heavy atom. The Labute approximate surface area is 98.9 Å². The lowest BCUT2D eigenvalue weighted by Crippen LogP contribution is -2.19. The summed E-state index contributed by atoms with van der Waals surface area (Å²) >= 11 is 0. The molecule has 2 N–H and O–H groups in total. The van der Waals surface area contributed by atoms with E-state index in [9.17, 15) is 10.1 Å². The molecule has 1 aromatic rings. The fourth-order valence-electron chi connectivity index (χ4n) is 2.01. The monoisotopic (exact) mass is 237 g/mol. The number of aryl methyl sites for hydroxylation is 1. The number of hydrogen-bond donors (Lipinski definition) is 1. The molecule has 1 fully saturated rings. The maximum atomic E-state index is 10.6. The standard InChI is InChI=1S/C11H15N3O3/c1-7-4-9(14(15)16)6-13-11(7)17-10-3-2-8(12)5-10/h4,6,8,10H,2-3,5,12H2,1H3.